The minimum atomic E-state index is -0.819. The highest BCUT2D eigenvalue weighted by atomic mass is 15.2. The van der Waals surface area contributed by atoms with Gasteiger partial charge in [0.05, 0.1) is 63.7 Å². The molecular weight excluding hydrogens is 1520 g/mol. The van der Waals surface area contributed by atoms with Crippen molar-refractivity contribution in [2.45, 2.75) is 26.2 Å². The topological polar surface area (TPSA) is 21.3 Å². The highest BCUT2D eigenvalue weighted by molar-refractivity contribution is 7.00. The van der Waals surface area contributed by atoms with Crippen LogP contribution in [0.5, 0.6) is 0 Å². The zero-order valence-electron chi connectivity index (χ0n) is 82.9. The van der Waals surface area contributed by atoms with Gasteiger partial charge >= 0.3 is 0 Å². The van der Waals surface area contributed by atoms with Crippen molar-refractivity contribution in [3.05, 3.63) is 448 Å². The number of anilines is 6. The van der Waals surface area contributed by atoms with Gasteiger partial charge in [0, 0.05) is 94.4 Å². The van der Waals surface area contributed by atoms with Gasteiger partial charge in [-0.1, -0.05) is 348 Å². The molecule has 20 aromatic carbocycles. The molecule has 0 unspecified atom stereocenters. The molecule has 0 fully saturated rings. The number of nitrogens with zero attached hydrogens (tertiary/aromatic N) is 5. The van der Waals surface area contributed by atoms with Crippen molar-refractivity contribution in [2.24, 2.45) is 0 Å². The van der Waals surface area contributed by atoms with Crippen molar-refractivity contribution in [2.75, 3.05) is 9.80 Å². The summed E-state index contributed by atoms with van der Waals surface area (Å²) in [6.07, 6.45) is 0. The maximum atomic E-state index is 10.5. The zero-order valence-corrected chi connectivity index (χ0v) is 68.9. The number of benzene rings is 20. The van der Waals surface area contributed by atoms with Crippen LogP contribution < -0.4 is 26.2 Å². The summed E-state index contributed by atoms with van der Waals surface area (Å²) in [5.41, 5.74) is 20.8. The van der Waals surface area contributed by atoms with E-state index in [9.17, 15) is 19.2 Å². The monoisotopic (exact) mass is 1620 g/mol. The van der Waals surface area contributed by atoms with Crippen molar-refractivity contribution in [3.63, 3.8) is 0 Å². The first-order valence-electron chi connectivity index (χ1n) is 49.8. The largest absolute Gasteiger partial charge is 0.310 e. The Balaban J connectivity index is 0.884. The summed E-state index contributed by atoms with van der Waals surface area (Å²) in [6, 6.07) is 117. The number of aromatic nitrogens is 3. The Hall–Kier alpha value is -16.0. The highest BCUT2D eigenvalue weighted by Crippen LogP contribution is 2.57. The first-order chi connectivity index (χ1) is 68.0. The average Bonchev–Trinajstić information content (AvgIpc) is 0.831. The summed E-state index contributed by atoms with van der Waals surface area (Å²) in [5.74, 6) is 0. The number of para-hydroxylation sites is 5. The Morgan fingerprint density at radius 3 is 1.14 bits per heavy atom. The molecule has 0 amide bonds. The molecule has 23 aromatic rings. The molecule has 5 nitrogen and oxygen atoms in total. The van der Waals surface area contributed by atoms with Gasteiger partial charge in [-0.15, -0.1) is 0 Å². The molecule has 0 N–H and O–H groups in total. The third-order valence-electron chi connectivity index (χ3n) is 25.8. The molecule has 0 atom stereocenters. The van der Waals surface area contributed by atoms with Crippen LogP contribution in [0.4, 0.5) is 34.1 Å². The summed E-state index contributed by atoms with van der Waals surface area (Å²) < 4.78 is 147. The average molecular weight is 1620 g/mol. The van der Waals surface area contributed by atoms with E-state index < -0.39 is 60.5 Å². The highest BCUT2D eigenvalue weighted by Gasteiger charge is 2.46. The van der Waals surface area contributed by atoms with Crippen LogP contribution in [0.3, 0.4) is 0 Å². The van der Waals surface area contributed by atoms with Gasteiger partial charge in [-0.3, -0.25) is 0 Å². The molecule has 126 heavy (non-hydrogen) atoms. The Morgan fingerprint density at radius 1 is 0.238 bits per heavy atom. The minimum absolute atomic E-state index is 0.00600. The standard InChI is InChI=1S/C120H82BN5/c1-120(2,3)87-73-100(81-38-15-7-16-39-81)119(101(74-87)82-40-17-8-18-41-82)126-114-76-90(124-110-55-30-26-49-98(110)104-69-84(59-67-112(104)124)78-34-11-5-12-35-78)63-65-106(114)121-105-64-62-89(123-109-54-29-25-48-97(109)103-68-83(58-66-111(103)123)77-32-9-4-10-33-77)75-113(105)125(118-92(80-36-13-6-14-37-80)50-31-51-99(118)102-70-85-42-19-20-43-91(85)93-44-21-22-45-94(93)102)115-71-86(72-116(126)117(115)121)79-56-60-88(61-57-79)122-107-52-27-23-46-95(107)96-47-24-28-53-108(96)122/h4-76H,1-3H3/i25D,26D,29D,30D,48D,49D,54D,55D,58D,59D,66D,67D,68D,69D. The van der Waals surface area contributed by atoms with Crippen LogP contribution in [0.2, 0.25) is 0 Å². The van der Waals surface area contributed by atoms with Crippen LogP contribution in [-0.4, -0.2) is 20.4 Å². The fourth-order valence-corrected chi connectivity index (χ4v) is 20.1. The molecule has 0 bridgehead atoms. The van der Waals surface area contributed by atoms with Gasteiger partial charge < -0.3 is 23.5 Å². The summed E-state index contributed by atoms with van der Waals surface area (Å²) in [4.78, 5) is 4.79. The fraction of sp³-hybridized carbons (Fsp3) is 0.0333. The van der Waals surface area contributed by atoms with Crippen molar-refractivity contribution in [3.8, 4) is 95.0 Å². The summed E-state index contributed by atoms with van der Waals surface area (Å²) in [5, 5.41) is 6.51. The summed E-state index contributed by atoms with van der Waals surface area (Å²) in [6.45, 7) is 5.87. The zero-order chi connectivity index (χ0) is 95.6. The Labute approximate surface area is 751 Å². The van der Waals surface area contributed by atoms with Gasteiger partial charge in [0.2, 0.25) is 0 Å². The van der Waals surface area contributed by atoms with E-state index in [0.29, 0.717) is 33.9 Å². The van der Waals surface area contributed by atoms with E-state index >= 15 is 0 Å². The maximum Gasteiger partial charge on any atom is 0.252 e. The third-order valence-corrected chi connectivity index (χ3v) is 25.8. The lowest BCUT2D eigenvalue weighted by Crippen LogP contribution is -2.61. The predicted molar refractivity (Wildman–Crippen MR) is 535 cm³/mol. The lowest BCUT2D eigenvalue weighted by Gasteiger charge is -2.46. The Kier molecular flexibility index (Phi) is 13.6. The van der Waals surface area contributed by atoms with E-state index in [-0.39, 0.29) is 91.0 Å². The van der Waals surface area contributed by atoms with Gasteiger partial charge in [-0.25, -0.2) is 0 Å². The lowest BCUT2D eigenvalue weighted by atomic mass is 9.33. The number of rotatable bonds is 12. The summed E-state index contributed by atoms with van der Waals surface area (Å²) >= 11 is 0. The van der Waals surface area contributed by atoms with Crippen LogP contribution in [0.1, 0.15) is 45.5 Å². The Bertz CT molecular complexity index is 9170. The van der Waals surface area contributed by atoms with Gasteiger partial charge in [-0.05, 0) is 220 Å². The second-order valence-electron chi connectivity index (χ2n) is 33.9. The van der Waals surface area contributed by atoms with E-state index in [4.69, 9.17) is 0 Å². The molecular formula is C120H82BN5. The smallest absolute Gasteiger partial charge is 0.252 e. The van der Waals surface area contributed by atoms with Gasteiger partial charge in [-0.2, -0.15) is 0 Å². The summed E-state index contributed by atoms with van der Waals surface area (Å²) in [7, 11) is 0. The van der Waals surface area contributed by atoms with Gasteiger partial charge in [0.25, 0.3) is 6.71 Å². The van der Waals surface area contributed by atoms with Crippen molar-refractivity contribution in [1.29, 1.82) is 0 Å². The Morgan fingerprint density at radius 2 is 0.635 bits per heavy atom. The van der Waals surface area contributed by atoms with E-state index in [1.54, 1.807) is 57.7 Å². The SMILES string of the molecule is [2H]c1c([2H])c([2H])c2c(c1[2H])c1c([2H])c(-c3ccccc3)c([2H])c([2H])c1n2-c1ccc2c(c1)N(c1c(-c3ccccc3)cc(C(C)(C)C)cc1-c1ccccc1)c1cc(-c3ccc(-n4c5ccccc5c5ccccc54)cc3)cc3c1B2c1ccc(-n2c4c([2H])c([2H])c([2H])c([2H])c4c4c([2H])c(-c5ccccc5)c([2H])c([2H])c42)cc1N3c1c(-c2ccccc2)cccc1-c1cc2ccccc2c2ccccc12. The van der Waals surface area contributed by atoms with Crippen molar-refractivity contribution in [1.82, 2.24) is 13.7 Å². The molecule has 0 spiro atoms. The first-order valence-corrected chi connectivity index (χ1v) is 42.8. The molecule has 2 aliphatic rings. The minimum Gasteiger partial charge on any atom is -0.310 e. The quantitative estimate of drug-likeness (QED) is 0.0898. The molecule has 25 rings (SSSR count). The molecule has 5 heterocycles. The van der Waals surface area contributed by atoms with Gasteiger partial charge in [0.15, 0.2) is 0 Å². The van der Waals surface area contributed by atoms with Crippen LogP contribution in [0, 0.1) is 0 Å². The van der Waals surface area contributed by atoms with E-state index in [1.807, 2.05) is 42.5 Å². The molecule has 3 aromatic heterocycles. The number of hydrogen-bond acceptors (Lipinski definition) is 2. The van der Waals surface area contributed by atoms with Crippen LogP contribution >= 0.6 is 0 Å². The second-order valence-corrected chi connectivity index (χ2v) is 33.9. The number of hydrogen-bond donors (Lipinski definition) is 0. The fourth-order valence-electron chi connectivity index (χ4n) is 20.1. The van der Waals surface area contributed by atoms with Crippen molar-refractivity contribution >= 4 is 144 Å². The molecule has 0 aliphatic carbocycles. The molecule has 0 saturated heterocycles. The van der Waals surface area contributed by atoms with Crippen LogP contribution in [-0.2, 0) is 5.41 Å². The lowest BCUT2D eigenvalue weighted by molar-refractivity contribution is 0.591. The van der Waals surface area contributed by atoms with Gasteiger partial charge in [0.1, 0.15) is 0 Å². The first kappa shape index (κ1) is 59.7. The molecule has 2 aliphatic heterocycles. The molecule has 0 saturated carbocycles. The van der Waals surface area contributed by atoms with Crippen LogP contribution in [0.15, 0.2) is 443 Å². The van der Waals surface area contributed by atoms with E-state index in [1.165, 1.54) is 0 Å². The molecule has 6 heteroatoms. The third kappa shape index (κ3) is 11.5. The molecule has 590 valence electrons. The van der Waals surface area contributed by atoms with E-state index in [0.717, 1.165) is 149 Å². The second kappa shape index (κ2) is 28.8. The number of fused-ring (bicyclic) bond motifs is 16. The van der Waals surface area contributed by atoms with Crippen molar-refractivity contribution < 1.29 is 19.2 Å². The predicted octanol–water partition coefficient (Wildman–Crippen LogP) is 30.3. The van der Waals surface area contributed by atoms with Crippen LogP contribution in [0.25, 0.3) is 182 Å². The maximum absolute atomic E-state index is 10.5. The molecule has 0 radical (unpaired) electrons. The van der Waals surface area contributed by atoms with E-state index in [2.05, 4.69) is 302 Å². The normalized spacial score (nSPS) is 14.1.